The number of hydrogen-bond acceptors (Lipinski definition) is 3. The Labute approximate surface area is 110 Å². The van der Waals surface area contributed by atoms with Crippen LogP contribution in [0.3, 0.4) is 0 Å². The summed E-state index contributed by atoms with van der Waals surface area (Å²) >= 11 is 0. The maximum atomic E-state index is 12.3. The van der Waals surface area contributed by atoms with E-state index in [-0.39, 0.29) is 18.6 Å². The molecule has 2 aromatic rings. The van der Waals surface area contributed by atoms with E-state index in [2.05, 4.69) is 9.97 Å². The van der Waals surface area contributed by atoms with Crippen LogP contribution in [-0.2, 0) is 4.79 Å². The number of Topliss-reactive ketones (excluding diaryl/α,β-unsaturated/α-hetero) is 1. The van der Waals surface area contributed by atoms with Crippen molar-refractivity contribution >= 4 is 22.8 Å². The van der Waals surface area contributed by atoms with Gasteiger partial charge in [-0.3, -0.25) is 9.59 Å². The second-order valence-electron chi connectivity index (χ2n) is 5.44. The molecule has 2 aromatic heterocycles. The number of nitrogens with one attached hydrogen (secondary N) is 1. The number of pyridine rings is 1. The second-order valence-corrected chi connectivity index (χ2v) is 5.44. The van der Waals surface area contributed by atoms with E-state index in [1.54, 1.807) is 32.3 Å². The molecule has 0 aliphatic heterocycles. The minimum atomic E-state index is -0.890. The molecular weight excluding hydrogens is 244 g/mol. The van der Waals surface area contributed by atoms with E-state index in [0.29, 0.717) is 11.2 Å². The number of aliphatic carboxylic acids is 1. The molecule has 0 saturated carbocycles. The fourth-order valence-corrected chi connectivity index (χ4v) is 2.19. The molecule has 0 aromatic carbocycles. The van der Waals surface area contributed by atoms with E-state index in [1.165, 1.54) is 0 Å². The van der Waals surface area contributed by atoms with E-state index in [1.807, 2.05) is 6.07 Å². The lowest BCUT2D eigenvalue weighted by Gasteiger charge is -2.20. The number of carbonyl (C=O) groups is 2. The van der Waals surface area contributed by atoms with Crippen LogP contribution in [0.5, 0.6) is 0 Å². The number of rotatable bonds is 5. The van der Waals surface area contributed by atoms with Crippen molar-refractivity contribution < 1.29 is 14.7 Å². The quantitative estimate of drug-likeness (QED) is 0.809. The molecule has 2 rings (SSSR count). The van der Waals surface area contributed by atoms with Crippen LogP contribution in [-0.4, -0.2) is 26.8 Å². The molecule has 0 unspecified atom stereocenters. The smallest absolute Gasteiger partial charge is 0.303 e. The van der Waals surface area contributed by atoms with Crippen LogP contribution in [0, 0.1) is 5.41 Å². The normalized spacial score (nSPS) is 11.7. The van der Waals surface area contributed by atoms with Gasteiger partial charge >= 0.3 is 5.97 Å². The standard InChI is InChI=1S/C14H16N2O3/c1-14(2,7-12(18)19)6-11(17)10-8-16-13-9(10)4-3-5-15-13/h3-5,8H,6-7H2,1-2H3,(H,15,16)(H,18,19). The van der Waals surface area contributed by atoms with Gasteiger partial charge in [-0.2, -0.15) is 0 Å². The number of aromatic nitrogens is 2. The van der Waals surface area contributed by atoms with Crippen molar-refractivity contribution in [3.05, 3.63) is 30.1 Å². The van der Waals surface area contributed by atoms with Gasteiger partial charge in [-0.1, -0.05) is 13.8 Å². The largest absolute Gasteiger partial charge is 0.481 e. The van der Waals surface area contributed by atoms with Crippen molar-refractivity contribution in [1.82, 2.24) is 9.97 Å². The molecule has 5 heteroatoms. The maximum absolute atomic E-state index is 12.3. The third kappa shape index (κ3) is 2.99. The van der Waals surface area contributed by atoms with Gasteiger partial charge in [0.15, 0.2) is 5.78 Å². The molecule has 2 N–H and O–H groups in total. The number of fused-ring (bicyclic) bond motifs is 1. The van der Waals surface area contributed by atoms with Gasteiger partial charge in [-0.15, -0.1) is 0 Å². The SMILES string of the molecule is CC(C)(CC(=O)O)CC(=O)c1c[nH]c2ncccc12. The van der Waals surface area contributed by atoms with Crippen molar-refractivity contribution in [2.24, 2.45) is 5.41 Å². The zero-order chi connectivity index (χ0) is 14.0. The number of H-pyrrole nitrogens is 1. The molecule has 2 heterocycles. The summed E-state index contributed by atoms with van der Waals surface area (Å²) in [5, 5.41) is 9.61. The first-order valence-electron chi connectivity index (χ1n) is 6.06. The number of nitrogens with zero attached hydrogens (tertiary/aromatic N) is 1. The first-order valence-corrected chi connectivity index (χ1v) is 6.06. The predicted molar refractivity (Wildman–Crippen MR) is 71.1 cm³/mol. The molecule has 0 aliphatic rings. The molecule has 0 bridgehead atoms. The first kappa shape index (κ1) is 13.3. The Morgan fingerprint density at radius 1 is 1.37 bits per heavy atom. The fraction of sp³-hybridized carbons (Fsp3) is 0.357. The highest BCUT2D eigenvalue weighted by Crippen LogP contribution is 2.28. The Hall–Kier alpha value is -2.17. The maximum Gasteiger partial charge on any atom is 0.303 e. The Bertz CT molecular complexity index is 628. The molecule has 0 atom stereocenters. The summed E-state index contributed by atoms with van der Waals surface area (Å²) in [5.41, 5.74) is 0.679. The minimum Gasteiger partial charge on any atom is -0.481 e. The Balaban J connectivity index is 2.23. The fourth-order valence-electron chi connectivity index (χ4n) is 2.19. The van der Waals surface area contributed by atoms with Crippen LogP contribution in [0.2, 0.25) is 0 Å². The van der Waals surface area contributed by atoms with E-state index >= 15 is 0 Å². The summed E-state index contributed by atoms with van der Waals surface area (Å²) in [6.07, 6.45) is 3.46. The van der Waals surface area contributed by atoms with Gasteiger partial charge < -0.3 is 10.1 Å². The van der Waals surface area contributed by atoms with Crippen molar-refractivity contribution in [1.29, 1.82) is 0 Å². The van der Waals surface area contributed by atoms with Crippen molar-refractivity contribution in [3.8, 4) is 0 Å². The van der Waals surface area contributed by atoms with Crippen molar-refractivity contribution in [2.75, 3.05) is 0 Å². The highest BCUT2D eigenvalue weighted by Gasteiger charge is 2.26. The zero-order valence-electron chi connectivity index (χ0n) is 10.9. The van der Waals surface area contributed by atoms with Gasteiger partial charge in [0, 0.05) is 29.8 Å². The monoisotopic (exact) mass is 260 g/mol. The molecule has 0 spiro atoms. The summed E-state index contributed by atoms with van der Waals surface area (Å²) in [5.74, 6) is -0.955. The third-order valence-corrected chi connectivity index (χ3v) is 3.02. The van der Waals surface area contributed by atoms with Crippen LogP contribution >= 0.6 is 0 Å². The van der Waals surface area contributed by atoms with Crippen molar-refractivity contribution in [2.45, 2.75) is 26.7 Å². The third-order valence-electron chi connectivity index (χ3n) is 3.02. The highest BCUT2D eigenvalue weighted by molar-refractivity contribution is 6.07. The molecule has 0 fully saturated rings. The van der Waals surface area contributed by atoms with Gasteiger partial charge in [0.05, 0.1) is 6.42 Å². The van der Waals surface area contributed by atoms with Crippen LogP contribution in [0.25, 0.3) is 11.0 Å². The summed E-state index contributed by atoms with van der Waals surface area (Å²) in [4.78, 5) is 30.1. The Morgan fingerprint density at radius 3 is 2.79 bits per heavy atom. The summed E-state index contributed by atoms with van der Waals surface area (Å²) in [7, 11) is 0. The van der Waals surface area contributed by atoms with Gasteiger partial charge in [-0.25, -0.2) is 4.98 Å². The summed E-state index contributed by atoms with van der Waals surface area (Å²) < 4.78 is 0. The molecular formula is C14H16N2O3. The first-order chi connectivity index (χ1) is 8.89. The molecule has 5 nitrogen and oxygen atoms in total. The minimum absolute atomic E-state index is 0.0284. The highest BCUT2D eigenvalue weighted by atomic mass is 16.4. The number of carboxylic acid groups (broad SMARTS) is 1. The van der Waals surface area contributed by atoms with Gasteiger partial charge in [0.2, 0.25) is 0 Å². The lowest BCUT2D eigenvalue weighted by Crippen LogP contribution is -2.21. The Morgan fingerprint density at radius 2 is 2.11 bits per heavy atom. The number of carboxylic acids is 1. The average molecular weight is 260 g/mol. The molecule has 0 aliphatic carbocycles. The lowest BCUT2D eigenvalue weighted by molar-refractivity contribution is -0.139. The molecule has 0 saturated heterocycles. The van der Waals surface area contributed by atoms with Crippen LogP contribution < -0.4 is 0 Å². The molecule has 19 heavy (non-hydrogen) atoms. The number of ketones is 1. The van der Waals surface area contributed by atoms with E-state index in [0.717, 1.165) is 5.39 Å². The molecule has 100 valence electrons. The van der Waals surface area contributed by atoms with E-state index in [9.17, 15) is 9.59 Å². The van der Waals surface area contributed by atoms with Gasteiger partial charge in [0.1, 0.15) is 5.65 Å². The average Bonchev–Trinajstić information content (AvgIpc) is 2.69. The van der Waals surface area contributed by atoms with Gasteiger partial charge in [-0.05, 0) is 17.5 Å². The number of aromatic amines is 1. The zero-order valence-corrected chi connectivity index (χ0v) is 10.9. The van der Waals surface area contributed by atoms with E-state index in [4.69, 9.17) is 5.11 Å². The van der Waals surface area contributed by atoms with E-state index < -0.39 is 11.4 Å². The topological polar surface area (TPSA) is 83.0 Å². The van der Waals surface area contributed by atoms with Crippen LogP contribution in [0.15, 0.2) is 24.5 Å². The predicted octanol–water partition coefficient (Wildman–Crippen LogP) is 2.64. The summed E-state index contributed by atoms with van der Waals surface area (Å²) in [6.45, 7) is 3.57. The molecule has 0 radical (unpaired) electrons. The van der Waals surface area contributed by atoms with Crippen LogP contribution in [0.4, 0.5) is 0 Å². The van der Waals surface area contributed by atoms with Crippen LogP contribution in [0.1, 0.15) is 37.0 Å². The van der Waals surface area contributed by atoms with Crippen molar-refractivity contribution in [3.63, 3.8) is 0 Å². The van der Waals surface area contributed by atoms with Gasteiger partial charge in [0.25, 0.3) is 0 Å². The molecule has 0 amide bonds. The lowest BCUT2D eigenvalue weighted by atomic mass is 9.82. The summed E-state index contributed by atoms with van der Waals surface area (Å²) in [6, 6.07) is 3.60. The number of carbonyl (C=O) groups excluding carboxylic acids is 1. The number of hydrogen-bond donors (Lipinski definition) is 2. The second kappa shape index (κ2) is 4.84. The Kier molecular flexibility index (Phi) is 3.38.